The van der Waals surface area contributed by atoms with Gasteiger partial charge in [0.2, 0.25) is 5.95 Å². The smallest absolute Gasteiger partial charge is 0.371 e. The second-order valence-corrected chi connectivity index (χ2v) is 8.27. The third-order valence-corrected chi connectivity index (χ3v) is 6.11. The van der Waals surface area contributed by atoms with Crippen LogP contribution in [0.25, 0.3) is 11.0 Å². The molecule has 3 aromatic rings. The second-order valence-electron chi connectivity index (χ2n) is 8.27. The summed E-state index contributed by atoms with van der Waals surface area (Å²) in [6.45, 7) is 1.87. The minimum atomic E-state index is -4.53. The van der Waals surface area contributed by atoms with E-state index >= 15 is 0 Å². The number of nitrogens with zero attached hydrogens (tertiary/aromatic N) is 5. The fourth-order valence-electron chi connectivity index (χ4n) is 4.58. The summed E-state index contributed by atoms with van der Waals surface area (Å²) < 4.78 is 46.1. The minimum absolute atomic E-state index is 0.0495. The highest BCUT2D eigenvalue weighted by Gasteiger charge is 2.40. The molecule has 32 heavy (non-hydrogen) atoms. The van der Waals surface area contributed by atoms with Crippen molar-refractivity contribution in [2.75, 3.05) is 29.9 Å². The van der Waals surface area contributed by atoms with Crippen LogP contribution < -0.4 is 10.2 Å². The lowest BCUT2D eigenvalue weighted by atomic mass is 10.00. The van der Waals surface area contributed by atoms with Gasteiger partial charge in [-0.25, -0.2) is 4.98 Å². The number of hydrogen-bond acceptors (Lipinski definition) is 7. The van der Waals surface area contributed by atoms with Gasteiger partial charge in [-0.3, -0.25) is 4.98 Å². The molecule has 2 fully saturated rings. The molecular weight excluding hydrogens is 421 g/mol. The van der Waals surface area contributed by atoms with E-state index in [4.69, 9.17) is 9.72 Å². The van der Waals surface area contributed by atoms with Gasteiger partial charge >= 0.3 is 6.18 Å². The van der Waals surface area contributed by atoms with Gasteiger partial charge in [0.05, 0.1) is 17.6 Å². The van der Waals surface area contributed by atoms with Gasteiger partial charge in [0.25, 0.3) is 0 Å². The Morgan fingerprint density at radius 2 is 1.84 bits per heavy atom. The predicted molar refractivity (Wildman–Crippen MR) is 113 cm³/mol. The molecule has 1 saturated carbocycles. The molecule has 2 aliphatic rings. The Morgan fingerprint density at radius 1 is 1.06 bits per heavy atom. The first-order valence-corrected chi connectivity index (χ1v) is 10.7. The van der Waals surface area contributed by atoms with Gasteiger partial charge in [-0.2, -0.15) is 23.1 Å². The molecule has 1 spiro atoms. The van der Waals surface area contributed by atoms with Crippen LogP contribution in [0.1, 0.15) is 36.9 Å². The number of rotatable bonds is 4. The Morgan fingerprint density at radius 3 is 2.66 bits per heavy atom. The highest BCUT2D eigenvalue weighted by Crippen LogP contribution is 2.37. The molecule has 0 radical (unpaired) electrons. The number of anilines is 2. The average molecular weight is 444 g/mol. The number of fused-ring (bicyclic) bond motifs is 1. The molecule has 0 amide bonds. The number of pyridine rings is 2. The molecule has 7 nitrogen and oxygen atoms in total. The van der Waals surface area contributed by atoms with E-state index in [-0.39, 0.29) is 17.7 Å². The Labute approximate surface area is 183 Å². The molecule has 3 aromatic heterocycles. The summed E-state index contributed by atoms with van der Waals surface area (Å²) in [7, 11) is 0. The van der Waals surface area contributed by atoms with Crippen molar-refractivity contribution < 1.29 is 17.9 Å². The SMILES string of the molecule is FC(F)(F)c1ncccc1CNc1nc(N2CCOC3(CCCC3)C2)nc2ncccc12. The second kappa shape index (κ2) is 8.16. The van der Waals surface area contributed by atoms with E-state index < -0.39 is 11.9 Å². The lowest BCUT2D eigenvalue weighted by molar-refractivity contribution is -0.141. The summed E-state index contributed by atoms with van der Waals surface area (Å²) in [4.78, 5) is 19.3. The molecule has 1 saturated heterocycles. The van der Waals surface area contributed by atoms with E-state index in [0.717, 1.165) is 31.9 Å². The van der Waals surface area contributed by atoms with Crippen LogP contribution in [0.2, 0.25) is 0 Å². The predicted octanol–water partition coefficient (Wildman–Crippen LogP) is 4.20. The van der Waals surface area contributed by atoms with Gasteiger partial charge in [0.1, 0.15) is 11.5 Å². The van der Waals surface area contributed by atoms with E-state index in [1.54, 1.807) is 18.3 Å². The monoisotopic (exact) mass is 444 g/mol. The summed E-state index contributed by atoms with van der Waals surface area (Å²) in [5.41, 5.74) is -0.519. The van der Waals surface area contributed by atoms with Gasteiger partial charge in [0, 0.05) is 37.6 Å². The zero-order chi connectivity index (χ0) is 22.2. The molecule has 1 aliphatic heterocycles. The van der Waals surface area contributed by atoms with Gasteiger partial charge in [0.15, 0.2) is 5.65 Å². The number of morpholine rings is 1. The van der Waals surface area contributed by atoms with Crippen molar-refractivity contribution in [3.05, 3.63) is 47.9 Å². The third kappa shape index (κ3) is 4.06. The molecule has 0 bridgehead atoms. The number of nitrogens with one attached hydrogen (secondary N) is 1. The van der Waals surface area contributed by atoms with Crippen LogP contribution in [0.4, 0.5) is 24.9 Å². The largest absolute Gasteiger partial charge is 0.433 e. The summed E-state index contributed by atoms with van der Waals surface area (Å²) in [5.74, 6) is 0.956. The maximum Gasteiger partial charge on any atom is 0.433 e. The van der Waals surface area contributed by atoms with Crippen molar-refractivity contribution in [1.82, 2.24) is 19.9 Å². The van der Waals surface area contributed by atoms with Crippen molar-refractivity contribution in [1.29, 1.82) is 0 Å². The van der Waals surface area contributed by atoms with E-state index in [1.165, 1.54) is 12.1 Å². The van der Waals surface area contributed by atoms with Gasteiger partial charge in [-0.1, -0.05) is 18.9 Å². The van der Waals surface area contributed by atoms with Gasteiger partial charge < -0.3 is 15.0 Å². The van der Waals surface area contributed by atoms with Crippen LogP contribution in [0.15, 0.2) is 36.7 Å². The Bertz CT molecular complexity index is 1120. The van der Waals surface area contributed by atoms with Crippen LogP contribution in [0.5, 0.6) is 0 Å². The molecule has 0 atom stereocenters. The van der Waals surface area contributed by atoms with E-state index in [9.17, 15) is 13.2 Å². The topological polar surface area (TPSA) is 76.1 Å². The van der Waals surface area contributed by atoms with E-state index in [0.29, 0.717) is 42.5 Å². The van der Waals surface area contributed by atoms with Crippen molar-refractivity contribution in [2.45, 2.75) is 44.0 Å². The standard InChI is InChI=1S/C22H23F3N6O/c23-22(24,25)17-15(5-3-9-26-17)13-28-19-16-6-4-10-27-18(16)29-20(30-19)31-11-12-32-21(14-31)7-1-2-8-21/h3-6,9-10H,1-2,7-8,11-14H2,(H,27,28,29,30). The van der Waals surface area contributed by atoms with Gasteiger partial charge in [-0.15, -0.1) is 0 Å². The Balaban J connectivity index is 1.46. The summed E-state index contributed by atoms with van der Waals surface area (Å²) in [6, 6.07) is 6.47. The minimum Gasteiger partial charge on any atom is -0.371 e. The summed E-state index contributed by atoms with van der Waals surface area (Å²) in [6.07, 6.45) is 2.58. The van der Waals surface area contributed by atoms with Crippen molar-refractivity contribution >= 4 is 22.8 Å². The first-order valence-electron chi connectivity index (χ1n) is 10.7. The lowest BCUT2D eigenvalue weighted by Crippen LogP contribution is -2.51. The number of hydrogen-bond donors (Lipinski definition) is 1. The van der Waals surface area contributed by atoms with E-state index in [2.05, 4.69) is 25.2 Å². The summed E-state index contributed by atoms with van der Waals surface area (Å²) in [5, 5.41) is 3.72. The van der Waals surface area contributed by atoms with Crippen LogP contribution in [0.3, 0.4) is 0 Å². The fourth-order valence-corrected chi connectivity index (χ4v) is 4.58. The average Bonchev–Trinajstić information content (AvgIpc) is 3.24. The highest BCUT2D eigenvalue weighted by atomic mass is 19.4. The molecular formula is C22H23F3N6O. The van der Waals surface area contributed by atoms with Crippen LogP contribution >= 0.6 is 0 Å². The fraction of sp³-hybridized carbons (Fsp3) is 0.455. The third-order valence-electron chi connectivity index (χ3n) is 6.11. The quantitative estimate of drug-likeness (QED) is 0.646. The van der Waals surface area contributed by atoms with Crippen molar-refractivity contribution in [3.8, 4) is 0 Å². The van der Waals surface area contributed by atoms with Gasteiger partial charge in [-0.05, 0) is 31.0 Å². The first kappa shape index (κ1) is 20.9. The first-order chi connectivity index (χ1) is 15.4. The van der Waals surface area contributed by atoms with E-state index in [1.807, 2.05) is 0 Å². The van der Waals surface area contributed by atoms with Crippen LogP contribution in [-0.4, -0.2) is 45.2 Å². The molecule has 1 aliphatic carbocycles. The number of halogens is 3. The van der Waals surface area contributed by atoms with Crippen LogP contribution in [0, 0.1) is 0 Å². The molecule has 10 heteroatoms. The zero-order valence-electron chi connectivity index (χ0n) is 17.4. The normalized spacial score (nSPS) is 18.4. The molecule has 0 aromatic carbocycles. The number of alkyl halides is 3. The van der Waals surface area contributed by atoms with Crippen molar-refractivity contribution in [2.24, 2.45) is 0 Å². The molecule has 168 valence electrons. The summed E-state index contributed by atoms with van der Waals surface area (Å²) >= 11 is 0. The molecule has 5 rings (SSSR count). The van der Waals surface area contributed by atoms with Crippen molar-refractivity contribution in [3.63, 3.8) is 0 Å². The molecule has 0 unspecified atom stereocenters. The Hall–Kier alpha value is -3.01. The number of aromatic nitrogens is 4. The van der Waals surface area contributed by atoms with Crippen LogP contribution in [-0.2, 0) is 17.5 Å². The highest BCUT2D eigenvalue weighted by molar-refractivity contribution is 5.87. The molecule has 1 N–H and O–H groups in total. The zero-order valence-corrected chi connectivity index (χ0v) is 17.4. The maximum absolute atomic E-state index is 13.3. The lowest BCUT2D eigenvalue weighted by Gasteiger charge is -2.40. The number of ether oxygens (including phenoxy) is 1. The maximum atomic E-state index is 13.3. The molecule has 4 heterocycles. The Kier molecular flexibility index (Phi) is 5.32.